The molecule has 7 nitrogen and oxygen atoms in total. The van der Waals surface area contributed by atoms with E-state index in [0.717, 1.165) is 22.1 Å². The highest BCUT2D eigenvalue weighted by Crippen LogP contribution is 2.31. The summed E-state index contributed by atoms with van der Waals surface area (Å²) in [6.07, 6.45) is 0.422. The number of rotatable bonds is 5. The highest BCUT2D eigenvalue weighted by molar-refractivity contribution is 5.94. The van der Waals surface area contributed by atoms with Crippen LogP contribution < -0.4 is 10.4 Å². The van der Waals surface area contributed by atoms with Gasteiger partial charge in [0.1, 0.15) is 11.3 Å². The summed E-state index contributed by atoms with van der Waals surface area (Å²) < 4.78 is 11.2. The summed E-state index contributed by atoms with van der Waals surface area (Å²) in [7, 11) is 0. The zero-order valence-corrected chi connectivity index (χ0v) is 18.0. The van der Waals surface area contributed by atoms with Gasteiger partial charge in [-0.25, -0.2) is 4.79 Å². The average Bonchev–Trinajstić information content (AvgIpc) is 2.78. The van der Waals surface area contributed by atoms with Crippen molar-refractivity contribution in [3.8, 4) is 16.9 Å². The van der Waals surface area contributed by atoms with E-state index in [1.54, 1.807) is 24.0 Å². The van der Waals surface area contributed by atoms with Crippen molar-refractivity contribution in [1.29, 1.82) is 0 Å². The lowest BCUT2D eigenvalue weighted by atomic mass is 9.98. The van der Waals surface area contributed by atoms with Gasteiger partial charge in [0.15, 0.2) is 6.10 Å². The fourth-order valence-corrected chi connectivity index (χ4v) is 4.20. The lowest BCUT2D eigenvalue weighted by molar-refractivity contribution is -0.147. The molecule has 1 fully saturated rings. The molecule has 1 saturated heterocycles. The van der Waals surface area contributed by atoms with Crippen LogP contribution in [-0.2, 0) is 9.59 Å². The van der Waals surface area contributed by atoms with Crippen molar-refractivity contribution in [2.24, 2.45) is 5.92 Å². The van der Waals surface area contributed by atoms with E-state index in [2.05, 4.69) is 0 Å². The van der Waals surface area contributed by atoms with Crippen molar-refractivity contribution in [2.75, 3.05) is 13.1 Å². The molecule has 0 aliphatic carbocycles. The Bertz CT molecular complexity index is 1230. The maximum atomic E-state index is 12.8. The molecule has 1 aliphatic rings. The standard InChI is InChI=1S/C25H25NO6/c1-15-6-3-4-8-19(15)21-13-23(27)32-22-12-18(9-10-20(21)22)31-16(2)24(28)26-11-5-7-17(14-26)25(29)30/h3-4,6,8-10,12-13,16-17H,5,7,11,14H2,1-2H3,(H,29,30)/t16?,17-/m0/s1. The second kappa shape index (κ2) is 8.86. The van der Waals surface area contributed by atoms with Gasteiger partial charge in [0.05, 0.1) is 5.92 Å². The number of carboxylic acids is 1. The molecule has 0 spiro atoms. The first-order valence-electron chi connectivity index (χ1n) is 10.7. The molecule has 2 heterocycles. The molecule has 0 radical (unpaired) electrons. The second-order valence-electron chi connectivity index (χ2n) is 8.17. The van der Waals surface area contributed by atoms with Gasteiger partial charge in [-0.15, -0.1) is 0 Å². The first-order chi connectivity index (χ1) is 15.3. The number of carbonyl (C=O) groups excluding carboxylic acids is 1. The normalized spacial score (nSPS) is 17.2. The summed E-state index contributed by atoms with van der Waals surface area (Å²) in [6.45, 7) is 4.32. The molecule has 32 heavy (non-hydrogen) atoms. The molecule has 1 aliphatic heterocycles. The minimum absolute atomic E-state index is 0.189. The number of piperidine rings is 1. The summed E-state index contributed by atoms with van der Waals surface area (Å²) in [5, 5.41) is 10.0. The third-order valence-corrected chi connectivity index (χ3v) is 5.89. The Hall–Kier alpha value is -3.61. The van der Waals surface area contributed by atoms with Crippen LogP contribution in [0.5, 0.6) is 5.75 Å². The van der Waals surface area contributed by atoms with Crippen LogP contribution in [0.2, 0.25) is 0 Å². The van der Waals surface area contributed by atoms with Crippen LogP contribution in [0.3, 0.4) is 0 Å². The van der Waals surface area contributed by atoms with Crippen LogP contribution >= 0.6 is 0 Å². The predicted molar refractivity (Wildman–Crippen MR) is 120 cm³/mol. The fourth-order valence-electron chi connectivity index (χ4n) is 4.20. The van der Waals surface area contributed by atoms with Crippen LogP contribution in [0, 0.1) is 12.8 Å². The van der Waals surface area contributed by atoms with Crippen LogP contribution in [0.4, 0.5) is 0 Å². The molecule has 1 aromatic heterocycles. The molecule has 7 heteroatoms. The number of carboxylic acid groups (broad SMARTS) is 1. The van der Waals surface area contributed by atoms with Crippen molar-refractivity contribution in [2.45, 2.75) is 32.8 Å². The number of carbonyl (C=O) groups is 2. The zero-order valence-electron chi connectivity index (χ0n) is 18.0. The third-order valence-electron chi connectivity index (χ3n) is 5.89. The Labute approximate surface area is 185 Å². The Morgan fingerprint density at radius 3 is 2.69 bits per heavy atom. The number of aliphatic carboxylic acids is 1. The molecule has 1 N–H and O–H groups in total. The monoisotopic (exact) mass is 435 g/mol. The van der Waals surface area contributed by atoms with E-state index in [9.17, 15) is 19.5 Å². The van der Waals surface area contributed by atoms with E-state index in [4.69, 9.17) is 9.15 Å². The van der Waals surface area contributed by atoms with Gasteiger partial charge in [-0.2, -0.15) is 0 Å². The van der Waals surface area contributed by atoms with E-state index in [-0.39, 0.29) is 12.5 Å². The van der Waals surface area contributed by atoms with Gasteiger partial charge in [0.2, 0.25) is 0 Å². The highest BCUT2D eigenvalue weighted by Gasteiger charge is 2.31. The third kappa shape index (κ3) is 4.37. The summed E-state index contributed by atoms with van der Waals surface area (Å²) >= 11 is 0. The van der Waals surface area contributed by atoms with Gasteiger partial charge in [0, 0.05) is 36.2 Å². The lowest BCUT2D eigenvalue weighted by Crippen LogP contribution is -2.47. The number of likely N-dealkylation sites (tertiary alicyclic amines) is 1. The van der Waals surface area contributed by atoms with Crippen molar-refractivity contribution in [1.82, 2.24) is 4.90 Å². The van der Waals surface area contributed by atoms with Crippen LogP contribution in [-0.4, -0.2) is 41.1 Å². The number of hydrogen-bond donors (Lipinski definition) is 1. The Morgan fingerprint density at radius 2 is 1.94 bits per heavy atom. The largest absolute Gasteiger partial charge is 0.481 e. The van der Waals surface area contributed by atoms with Crippen molar-refractivity contribution in [3.63, 3.8) is 0 Å². The van der Waals surface area contributed by atoms with Gasteiger partial charge in [0.25, 0.3) is 5.91 Å². The Morgan fingerprint density at radius 1 is 1.16 bits per heavy atom. The van der Waals surface area contributed by atoms with Crippen LogP contribution in [0.1, 0.15) is 25.3 Å². The van der Waals surface area contributed by atoms with Gasteiger partial charge in [-0.05, 0) is 49.9 Å². The van der Waals surface area contributed by atoms with Gasteiger partial charge >= 0.3 is 11.6 Å². The maximum Gasteiger partial charge on any atom is 0.336 e. The van der Waals surface area contributed by atoms with Crippen LogP contribution in [0.15, 0.2) is 57.7 Å². The molecule has 0 saturated carbocycles. The number of aryl methyl sites for hydroxylation is 1. The molecule has 1 unspecified atom stereocenters. The number of nitrogens with zero attached hydrogens (tertiary/aromatic N) is 1. The molecule has 2 atom stereocenters. The van der Waals surface area contributed by atoms with Crippen LogP contribution in [0.25, 0.3) is 22.1 Å². The SMILES string of the molecule is Cc1ccccc1-c1cc(=O)oc2cc(OC(C)C(=O)N3CCC[C@H](C(=O)O)C3)ccc12. The number of ether oxygens (including phenoxy) is 1. The smallest absolute Gasteiger partial charge is 0.336 e. The second-order valence-corrected chi connectivity index (χ2v) is 8.17. The quantitative estimate of drug-likeness (QED) is 0.612. The molecular formula is C25H25NO6. The molecule has 3 aromatic rings. The maximum absolute atomic E-state index is 12.8. The minimum Gasteiger partial charge on any atom is -0.481 e. The Balaban J connectivity index is 1.58. The predicted octanol–water partition coefficient (Wildman–Crippen LogP) is 3.86. The summed E-state index contributed by atoms with van der Waals surface area (Å²) in [5.41, 5.74) is 2.67. The number of fused-ring (bicyclic) bond motifs is 1. The van der Waals surface area contributed by atoms with E-state index >= 15 is 0 Å². The van der Waals surface area contributed by atoms with E-state index in [0.29, 0.717) is 30.7 Å². The van der Waals surface area contributed by atoms with Crippen molar-refractivity contribution in [3.05, 3.63) is 64.5 Å². The first-order valence-corrected chi connectivity index (χ1v) is 10.7. The molecule has 1 amide bonds. The summed E-state index contributed by atoms with van der Waals surface area (Å²) in [4.78, 5) is 37.8. The van der Waals surface area contributed by atoms with E-state index < -0.39 is 23.6 Å². The van der Waals surface area contributed by atoms with E-state index in [1.807, 2.05) is 37.3 Å². The zero-order chi connectivity index (χ0) is 22.8. The van der Waals surface area contributed by atoms with Crippen molar-refractivity contribution < 1.29 is 23.8 Å². The lowest BCUT2D eigenvalue weighted by Gasteiger charge is -2.32. The molecule has 166 valence electrons. The minimum atomic E-state index is -0.884. The highest BCUT2D eigenvalue weighted by atomic mass is 16.5. The number of hydrogen-bond acceptors (Lipinski definition) is 5. The summed E-state index contributed by atoms with van der Waals surface area (Å²) in [5.74, 6) is -1.29. The van der Waals surface area contributed by atoms with Gasteiger partial charge in [-0.1, -0.05) is 24.3 Å². The molecular weight excluding hydrogens is 410 g/mol. The number of benzene rings is 2. The average molecular weight is 435 g/mol. The van der Waals surface area contributed by atoms with E-state index in [1.165, 1.54) is 6.07 Å². The molecule has 2 aromatic carbocycles. The topological polar surface area (TPSA) is 97.0 Å². The first kappa shape index (κ1) is 21.6. The molecule has 0 bridgehead atoms. The molecule has 4 rings (SSSR count). The Kier molecular flexibility index (Phi) is 5.99. The van der Waals surface area contributed by atoms with Gasteiger partial charge < -0.3 is 19.2 Å². The van der Waals surface area contributed by atoms with Crippen molar-refractivity contribution >= 4 is 22.8 Å². The fraction of sp³-hybridized carbons (Fsp3) is 0.320. The number of amides is 1. The summed E-state index contributed by atoms with van der Waals surface area (Å²) in [6, 6.07) is 14.4. The van der Waals surface area contributed by atoms with Gasteiger partial charge in [-0.3, -0.25) is 9.59 Å².